The normalized spacial score (nSPS) is 14.2. The van der Waals surface area contributed by atoms with Crippen molar-refractivity contribution in [2.24, 2.45) is 0 Å². The van der Waals surface area contributed by atoms with Crippen molar-refractivity contribution in [3.05, 3.63) is 234 Å². The maximum absolute atomic E-state index is 5.57. The summed E-state index contributed by atoms with van der Waals surface area (Å²) in [6, 6.07) is 72.5. The Morgan fingerprint density at radius 2 is 0.800 bits per heavy atom. The standard InChI is InChI=1S/C63H39I2N8O2/c1-36-66-61(74-70-36)40-20-16-38(17-21-40)42-24-28-47-49-30-26-44(59-68-55-12-6-8-14-57(55)72(59)46-10-4-3-5-11-46)34-53(49)63(51(47)32-42)52-33-43(39-18-22-41(23-19-39)62-67-37(2)71-75-62)25-29-48(52)50-31-27-45(35-54(50)63)60-69-56-13-7-9-15-58(56)73(60)65-64/h3-35H,1-2H3/q-1. The molecule has 1 atom stereocenters. The van der Waals surface area contributed by atoms with E-state index < -0.39 is 22.9 Å². The summed E-state index contributed by atoms with van der Waals surface area (Å²) < 4.78 is 15.9. The van der Waals surface area contributed by atoms with Gasteiger partial charge in [-0.15, -0.1) is 0 Å². The number of imidazole rings is 2. The van der Waals surface area contributed by atoms with Gasteiger partial charge < -0.3 is 9.05 Å². The topological polar surface area (TPSA) is 113 Å². The van der Waals surface area contributed by atoms with Gasteiger partial charge in [-0.3, -0.25) is 0 Å². The summed E-state index contributed by atoms with van der Waals surface area (Å²) in [5.74, 6) is 4.07. The Morgan fingerprint density at radius 1 is 0.400 bits per heavy atom. The van der Waals surface area contributed by atoms with Crippen LogP contribution in [-0.4, -0.2) is 37.6 Å². The van der Waals surface area contributed by atoms with Gasteiger partial charge in [-0.05, 0) is 38.1 Å². The van der Waals surface area contributed by atoms with Crippen molar-refractivity contribution in [2.75, 3.05) is 0 Å². The molecule has 10 nitrogen and oxygen atoms in total. The molecule has 9 aromatic carbocycles. The second kappa shape index (κ2) is 17.1. The Bertz CT molecular complexity index is 4340. The summed E-state index contributed by atoms with van der Waals surface area (Å²) >= 11 is 2.14. The summed E-state index contributed by atoms with van der Waals surface area (Å²) in [5.41, 5.74) is 22.2. The molecule has 1 spiro atoms. The van der Waals surface area contributed by atoms with Crippen LogP contribution in [0.15, 0.2) is 209 Å². The van der Waals surface area contributed by atoms with Gasteiger partial charge in [0.05, 0.1) is 0 Å². The Morgan fingerprint density at radius 3 is 1.29 bits per heavy atom. The minimum absolute atomic E-state index is 0.431. The van der Waals surface area contributed by atoms with Gasteiger partial charge in [0.25, 0.3) is 11.8 Å². The SMILES string of the molecule is Cc1noc(-c2ccc(-c3ccc4c(c3)C3(c5cc(-c6ccc(-c7nc(C)no7)cc6)ccc5-c5ccc(-c6nc7ccccc7n6-c6ccccc6)cc53)c3cc(-c5nc6ccccc6n5[I-]I)ccc3-4)cc2)n1. The molecule has 13 aromatic rings. The maximum atomic E-state index is 5.57. The molecule has 2 aliphatic rings. The van der Waals surface area contributed by atoms with Crippen molar-refractivity contribution in [3.63, 3.8) is 0 Å². The number of hydrogen-bond acceptors (Lipinski definition) is 8. The number of aryl methyl sites for hydroxylation is 2. The Labute approximate surface area is 450 Å². The van der Waals surface area contributed by atoms with E-state index in [0.717, 1.165) is 83.9 Å². The fraction of sp³-hybridized carbons (Fsp3) is 0.0476. The molecule has 0 fully saturated rings. The third-order valence-corrected chi connectivity index (χ3v) is 18.7. The van der Waals surface area contributed by atoms with E-state index in [-0.39, 0.29) is 0 Å². The molecule has 12 heteroatoms. The minimum Gasteiger partial charge on any atom is -0.192 e. The van der Waals surface area contributed by atoms with Crippen LogP contribution in [0.3, 0.4) is 0 Å². The number of hydrogen-bond donors (Lipinski definition) is 0. The first-order valence-corrected chi connectivity index (χ1v) is 31.9. The van der Waals surface area contributed by atoms with Crippen molar-refractivity contribution in [1.82, 2.24) is 37.6 Å². The van der Waals surface area contributed by atoms with E-state index in [9.17, 15) is 0 Å². The zero-order chi connectivity index (χ0) is 49.9. The summed E-state index contributed by atoms with van der Waals surface area (Å²) in [7, 11) is 0. The molecular weight excluding hydrogens is 1150 g/mol. The van der Waals surface area contributed by atoms with Crippen LogP contribution in [0.2, 0.25) is 0 Å². The van der Waals surface area contributed by atoms with E-state index in [1.807, 2.05) is 13.8 Å². The van der Waals surface area contributed by atoms with E-state index in [1.54, 1.807) is 0 Å². The van der Waals surface area contributed by atoms with Crippen molar-refractivity contribution >= 4 is 40.7 Å². The van der Waals surface area contributed by atoms with Gasteiger partial charge in [0, 0.05) is 11.1 Å². The quantitative estimate of drug-likeness (QED) is 0.138. The number of fused-ring (bicyclic) bond motifs is 12. The second-order valence-corrected chi connectivity index (χ2v) is 22.9. The molecule has 358 valence electrons. The Hall–Kier alpha value is -8.34. The van der Waals surface area contributed by atoms with Crippen LogP contribution in [0.5, 0.6) is 0 Å². The molecule has 0 saturated heterocycles. The molecule has 0 radical (unpaired) electrons. The van der Waals surface area contributed by atoms with Gasteiger partial charge in [-0.2, -0.15) is 9.97 Å². The fourth-order valence-electron chi connectivity index (χ4n) is 11.6. The number of halogens is 2. The number of aromatic nitrogens is 8. The zero-order valence-electron chi connectivity index (χ0n) is 40.2. The first-order chi connectivity index (χ1) is 36.9. The molecule has 0 saturated carbocycles. The van der Waals surface area contributed by atoms with Crippen LogP contribution < -0.4 is 17.5 Å². The predicted molar refractivity (Wildman–Crippen MR) is 298 cm³/mol. The zero-order valence-corrected chi connectivity index (χ0v) is 44.5. The van der Waals surface area contributed by atoms with Gasteiger partial charge in [0.15, 0.2) is 11.6 Å². The van der Waals surface area contributed by atoms with Crippen LogP contribution in [0.25, 0.3) is 118 Å². The van der Waals surface area contributed by atoms with E-state index in [1.165, 1.54) is 44.5 Å². The molecule has 15 rings (SSSR count). The molecule has 4 aromatic heterocycles. The Kier molecular flexibility index (Phi) is 10.1. The van der Waals surface area contributed by atoms with Gasteiger partial charge in [0.2, 0.25) is 0 Å². The summed E-state index contributed by atoms with van der Waals surface area (Å²) in [6.45, 7) is 3.67. The molecule has 75 heavy (non-hydrogen) atoms. The smallest absolute Gasteiger partial charge is 0.192 e. The molecule has 0 amide bonds. The number of benzene rings is 9. The molecule has 1 unspecified atom stereocenters. The van der Waals surface area contributed by atoms with Crippen LogP contribution in [0.1, 0.15) is 33.9 Å². The van der Waals surface area contributed by atoms with E-state index in [2.05, 4.69) is 246 Å². The van der Waals surface area contributed by atoms with Gasteiger partial charge >= 0.3 is 322 Å². The first-order valence-electron chi connectivity index (χ1n) is 24.6. The van der Waals surface area contributed by atoms with Crippen molar-refractivity contribution in [1.29, 1.82) is 0 Å². The van der Waals surface area contributed by atoms with E-state index in [0.29, 0.717) is 23.4 Å². The third-order valence-electron chi connectivity index (χ3n) is 14.9. The second-order valence-electron chi connectivity index (χ2n) is 19.1. The van der Waals surface area contributed by atoms with Crippen LogP contribution >= 0.6 is 18.6 Å². The molecular formula is C63H39I2N8O2-. The van der Waals surface area contributed by atoms with Crippen molar-refractivity contribution in [2.45, 2.75) is 19.3 Å². The van der Waals surface area contributed by atoms with Crippen LogP contribution in [0.4, 0.5) is 0 Å². The molecule has 0 N–H and O–H groups in total. The summed E-state index contributed by atoms with van der Waals surface area (Å²) in [6.07, 6.45) is 0. The first kappa shape index (κ1) is 44.2. The van der Waals surface area contributed by atoms with E-state index >= 15 is 0 Å². The van der Waals surface area contributed by atoms with Crippen molar-refractivity contribution in [3.8, 4) is 95.9 Å². The fourth-order valence-corrected chi connectivity index (χ4v) is 15.2. The summed E-state index contributed by atoms with van der Waals surface area (Å²) in [4.78, 5) is 19.8. The predicted octanol–water partition coefficient (Wildman–Crippen LogP) is 12.3. The average molecular weight is 1190 g/mol. The number of nitrogens with zero attached hydrogens (tertiary/aromatic N) is 8. The van der Waals surface area contributed by atoms with Gasteiger partial charge in [-0.25, -0.2) is 0 Å². The Balaban J connectivity index is 1.01. The summed E-state index contributed by atoms with van der Waals surface area (Å²) in [5, 5.41) is 8.10. The van der Waals surface area contributed by atoms with Crippen LogP contribution in [-0.2, 0) is 5.41 Å². The van der Waals surface area contributed by atoms with Gasteiger partial charge in [0.1, 0.15) is 0 Å². The van der Waals surface area contributed by atoms with Crippen molar-refractivity contribution < 1.29 is 26.6 Å². The van der Waals surface area contributed by atoms with Crippen LogP contribution in [0, 0.1) is 13.8 Å². The monoisotopic (exact) mass is 1190 g/mol. The van der Waals surface area contributed by atoms with Gasteiger partial charge in [-0.1, -0.05) is 40.6 Å². The molecule has 4 heterocycles. The third kappa shape index (κ3) is 6.81. The molecule has 0 bridgehead atoms. The molecule has 0 aliphatic heterocycles. The number of para-hydroxylation sites is 5. The minimum atomic E-state index is -0.782. The number of rotatable bonds is 8. The average Bonchev–Trinajstić information content (AvgIpc) is 4.46. The molecule has 2 aliphatic carbocycles. The van der Waals surface area contributed by atoms with E-state index in [4.69, 9.17) is 19.0 Å².